The summed E-state index contributed by atoms with van der Waals surface area (Å²) in [5, 5.41) is 27.3. The lowest BCUT2D eigenvalue weighted by atomic mass is 10.1. The minimum absolute atomic E-state index is 0.00328. The first kappa shape index (κ1) is 21.4. The molecule has 3 aromatic rings. The zero-order chi connectivity index (χ0) is 22.4. The van der Waals surface area contributed by atoms with Crippen LogP contribution in [0.1, 0.15) is 5.56 Å². The van der Waals surface area contributed by atoms with Crippen LogP contribution in [-0.4, -0.2) is 36.2 Å². The number of azo groups is 1. The molecule has 0 heterocycles. The number of fused-ring (bicyclic) bond motifs is 1. The van der Waals surface area contributed by atoms with Gasteiger partial charge in [-0.05, 0) is 54.3 Å². The van der Waals surface area contributed by atoms with Crippen LogP contribution in [0.4, 0.5) is 17.1 Å². The topological polar surface area (TPSA) is 200 Å². The van der Waals surface area contributed by atoms with Crippen molar-refractivity contribution in [2.75, 3.05) is 5.73 Å². The van der Waals surface area contributed by atoms with Gasteiger partial charge < -0.3 is 15.9 Å². The number of nitrogens with two attached hydrogens (primary N) is 1. The van der Waals surface area contributed by atoms with Gasteiger partial charge >= 0.3 is 0 Å². The number of benzene rings is 3. The number of nitrogens with zero attached hydrogens (tertiary/aromatic N) is 2. The molecule has 3 aromatic carbocycles. The highest BCUT2D eigenvalue weighted by atomic mass is 32.2. The van der Waals surface area contributed by atoms with Gasteiger partial charge in [-0.15, -0.1) is 5.11 Å². The molecule has 0 spiro atoms. The lowest BCUT2D eigenvalue weighted by molar-refractivity contribution is 0.471. The number of phenolic OH excluding ortho intramolecular Hbond substituents is 2. The highest BCUT2D eigenvalue weighted by Gasteiger charge is 2.24. The van der Waals surface area contributed by atoms with Crippen molar-refractivity contribution >= 4 is 48.1 Å². The molecule has 0 aliphatic rings. The average Bonchev–Trinajstić information content (AvgIpc) is 2.61. The first-order chi connectivity index (χ1) is 13.8. The third-order valence-electron chi connectivity index (χ3n) is 4.18. The zero-order valence-electron chi connectivity index (χ0n) is 15.2. The number of anilines is 1. The van der Waals surface area contributed by atoms with E-state index >= 15 is 0 Å². The van der Waals surface area contributed by atoms with Crippen molar-refractivity contribution in [1.82, 2.24) is 0 Å². The molecule has 0 unspecified atom stereocenters. The second-order valence-corrected chi connectivity index (χ2v) is 9.11. The van der Waals surface area contributed by atoms with Crippen molar-refractivity contribution in [3.8, 4) is 11.5 Å². The molecule has 158 valence electrons. The maximum atomic E-state index is 11.8. The van der Waals surface area contributed by atoms with Crippen LogP contribution in [-0.2, 0) is 20.2 Å². The number of aromatic hydroxyl groups is 2. The van der Waals surface area contributed by atoms with E-state index in [4.69, 9.17) is 5.73 Å². The van der Waals surface area contributed by atoms with Gasteiger partial charge in [0.05, 0.1) is 10.6 Å². The number of aryl methyl sites for hydroxylation is 1. The number of phenols is 2. The second-order valence-electron chi connectivity index (χ2n) is 6.30. The molecule has 30 heavy (non-hydrogen) atoms. The molecule has 0 saturated carbocycles. The van der Waals surface area contributed by atoms with Crippen molar-refractivity contribution in [1.29, 1.82) is 0 Å². The number of rotatable bonds is 4. The fraction of sp³-hybridized carbons (Fsp3) is 0.0588. The molecule has 0 atom stereocenters. The summed E-state index contributed by atoms with van der Waals surface area (Å²) in [6, 6.07) is 6.74. The molecule has 11 nitrogen and oxygen atoms in total. The molecule has 13 heteroatoms. The van der Waals surface area contributed by atoms with Gasteiger partial charge in [0.2, 0.25) is 0 Å². The summed E-state index contributed by atoms with van der Waals surface area (Å²) in [4.78, 5) is -1.50. The summed E-state index contributed by atoms with van der Waals surface area (Å²) in [6.07, 6.45) is 0. The Bertz CT molecular complexity index is 1430. The van der Waals surface area contributed by atoms with E-state index in [2.05, 4.69) is 10.2 Å². The van der Waals surface area contributed by atoms with Crippen LogP contribution >= 0.6 is 0 Å². The summed E-state index contributed by atoms with van der Waals surface area (Å²) in [5.74, 6) is -0.776. The van der Waals surface area contributed by atoms with Gasteiger partial charge in [0.15, 0.2) is 5.75 Å². The van der Waals surface area contributed by atoms with Crippen LogP contribution in [0.25, 0.3) is 10.8 Å². The van der Waals surface area contributed by atoms with E-state index in [1.165, 1.54) is 18.2 Å². The fourth-order valence-corrected chi connectivity index (χ4v) is 3.95. The van der Waals surface area contributed by atoms with Crippen LogP contribution in [0.3, 0.4) is 0 Å². The highest BCUT2D eigenvalue weighted by Crippen LogP contribution is 2.44. The molecule has 0 amide bonds. The monoisotopic (exact) mass is 453 g/mol. The lowest BCUT2D eigenvalue weighted by Crippen LogP contribution is -2.02. The van der Waals surface area contributed by atoms with Gasteiger partial charge in [0.25, 0.3) is 20.2 Å². The Morgan fingerprint density at radius 1 is 0.900 bits per heavy atom. The van der Waals surface area contributed by atoms with Crippen LogP contribution in [0.2, 0.25) is 0 Å². The van der Waals surface area contributed by atoms with Crippen LogP contribution < -0.4 is 5.73 Å². The van der Waals surface area contributed by atoms with Gasteiger partial charge in [-0.3, -0.25) is 9.11 Å². The van der Waals surface area contributed by atoms with Crippen LogP contribution in [0.5, 0.6) is 11.5 Å². The van der Waals surface area contributed by atoms with E-state index in [9.17, 15) is 36.2 Å². The summed E-state index contributed by atoms with van der Waals surface area (Å²) in [7, 11) is -9.61. The first-order valence-corrected chi connectivity index (χ1v) is 10.9. The maximum absolute atomic E-state index is 11.8. The molecule has 0 aromatic heterocycles. The van der Waals surface area contributed by atoms with E-state index in [0.717, 1.165) is 18.2 Å². The Balaban J connectivity index is 2.32. The van der Waals surface area contributed by atoms with Crippen molar-refractivity contribution in [2.24, 2.45) is 10.2 Å². The molecule has 0 bridgehead atoms. The third kappa shape index (κ3) is 4.04. The molecule has 6 N–H and O–H groups in total. The van der Waals surface area contributed by atoms with Gasteiger partial charge in [-0.1, -0.05) is 0 Å². The largest absolute Gasteiger partial charge is 0.508 e. The zero-order valence-corrected chi connectivity index (χ0v) is 16.8. The summed E-state index contributed by atoms with van der Waals surface area (Å²) >= 11 is 0. The SMILES string of the molecule is Cc1cc(N=Nc2c(S(=O)(=O)O)cc3cc(S(=O)(=O)O)cc(N)c3c2O)ccc1O. The highest BCUT2D eigenvalue weighted by molar-refractivity contribution is 7.86. The van der Waals surface area contributed by atoms with E-state index in [-0.39, 0.29) is 27.9 Å². The number of hydrogen-bond acceptors (Lipinski definition) is 9. The summed E-state index contributed by atoms with van der Waals surface area (Å²) in [5.41, 5.74) is 5.52. The number of nitrogen functional groups attached to an aromatic ring is 1. The van der Waals surface area contributed by atoms with Crippen molar-refractivity contribution in [3.05, 3.63) is 42.0 Å². The average molecular weight is 453 g/mol. The van der Waals surface area contributed by atoms with Crippen molar-refractivity contribution < 1.29 is 36.2 Å². The molecular weight excluding hydrogens is 438 g/mol. The predicted octanol–water partition coefficient (Wildman–Crippen LogP) is 3.05. The summed E-state index contributed by atoms with van der Waals surface area (Å²) in [6.45, 7) is 1.60. The minimum Gasteiger partial charge on any atom is -0.508 e. The van der Waals surface area contributed by atoms with E-state index < -0.39 is 41.5 Å². The van der Waals surface area contributed by atoms with E-state index in [1.807, 2.05) is 0 Å². The van der Waals surface area contributed by atoms with Crippen LogP contribution in [0.15, 0.2) is 56.4 Å². The molecule has 0 radical (unpaired) electrons. The van der Waals surface area contributed by atoms with Gasteiger partial charge in [0, 0.05) is 11.1 Å². The molecule has 0 aliphatic carbocycles. The van der Waals surface area contributed by atoms with Gasteiger partial charge in [-0.25, -0.2) is 0 Å². The van der Waals surface area contributed by atoms with Gasteiger partial charge in [0.1, 0.15) is 16.3 Å². The molecule has 3 rings (SSSR count). The standard InChI is InChI=1S/C17H15N3O8S2/c1-8-4-10(2-3-13(8)21)19-20-16-14(30(26,27)28)6-9-5-11(29(23,24)25)7-12(18)15(9)17(16)22/h2-7,21-22H,18H2,1H3,(H,23,24,25)(H,26,27,28). The first-order valence-electron chi connectivity index (χ1n) is 8.04. The second kappa shape index (κ2) is 7.21. The molecule has 0 fully saturated rings. The predicted molar refractivity (Wildman–Crippen MR) is 107 cm³/mol. The number of hydrogen-bond donors (Lipinski definition) is 5. The Hall–Kier alpha value is -3.26. The Morgan fingerprint density at radius 3 is 2.13 bits per heavy atom. The Morgan fingerprint density at radius 2 is 1.57 bits per heavy atom. The van der Waals surface area contributed by atoms with Crippen LogP contribution in [0, 0.1) is 6.92 Å². The normalized spacial score (nSPS) is 12.6. The molecule has 0 saturated heterocycles. The minimum atomic E-state index is -4.93. The third-order valence-corrected chi connectivity index (χ3v) is 5.87. The Labute approximate surface area is 170 Å². The Kier molecular flexibility index (Phi) is 5.16. The van der Waals surface area contributed by atoms with Gasteiger partial charge in [-0.2, -0.15) is 21.9 Å². The van der Waals surface area contributed by atoms with E-state index in [1.54, 1.807) is 6.92 Å². The quantitative estimate of drug-likeness (QED) is 0.223. The van der Waals surface area contributed by atoms with Crippen molar-refractivity contribution in [2.45, 2.75) is 16.7 Å². The molecule has 0 aliphatic heterocycles. The van der Waals surface area contributed by atoms with E-state index in [0.29, 0.717) is 5.56 Å². The van der Waals surface area contributed by atoms with Crippen molar-refractivity contribution in [3.63, 3.8) is 0 Å². The lowest BCUT2D eigenvalue weighted by Gasteiger charge is -2.12. The summed E-state index contributed by atoms with van der Waals surface area (Å²) < 4.78 is 65.2. The smallest absolute Gasteiger partial charge is 0.296 e. The fourth-order valence-electron chi connectivity index (χ4n) is 2.74. The maximum Gasteiger partial charge on any atom is 0.296 e. The molecular formula is C17H15N3O8S2.